The van der Waals surface area contributed by atoms with Crippen LogP contribution in [0.4, 0.5) is 5.95 Å². The maximum atomic E-state index is 5.19. The molecule has 0 radical (unpaired) electrons. The van der Waals surface area contributed by atoms with Crippen molar-refractivity contribution < 1.29 is 4.74 Å². The summed E-state index contributed by atoms with van der Waals surface area (Å²) in [5.74, 6) is 0.775. The van der Waals surface area contributed by atoms with E-state index in [0.717, 1.165) is 32.1 Å². The standard InChI is InChI=1S/C13H17N5O/c1-19-8-4-12-10-17(13-14-5-2-6-15-13)9-11-3-7-16-18(11)12/h2-3,5-7,12H,4,8-10H2,1H3/t12-/m1/s1. The third kappa shape index (κ3) is 2.44. The molecule has 0 spiro atoms. The van der Waals surface area contributed by atoms with Crippen molar-refractivity contribution in [2.24, 2.45) is 0 Å². The number of aromatic nitrogens is 4. The van der Waals surface area contributed by atoms with Gasteiger partial charge in [0.05, 0.1) is 18.3 Å². The first-order valence-electron chi connectivity index (χ1n) is 6.42. The molecule has 2 aromatic rings. The van der Waals surface area contributed by atoms with Gasteiger partial charge in [0.2, 0.25) is 5.95 Å². The highest BCUT2D eigenvalue weighted by atomic mass is 16.5. The number of ether oxygens (including phenoxy) is 1. The lowest BCUT2D eigenvalue weighted by Crippen LogP contribution is -2.39. The maximum Gasteiger partial charge on any atom is 0.225 e. The van der Waals surface area contributed by atoms with E-state index in [-0.39, 0.29) is 0 Å². The molecule has 1 aliphatic heterocycles. The predicted octanol–water partition coefficient (Wildman–Crippen LogP) is 1.27. The minimum absolute atomic E-state index is 0.308. The van der Waals surface area contributed by atoms with Crippen molar-refractivity contribution in [3.63, 3.8) is 0 Å². The number of anilines is 1. The van der Waals surface area contributed by atoms with Crippen LogP contribution in [0.25, 0.3) is 0 Å². The van der Waals surface area contributed by atoms with Crippen LogP contribution in [0.3, 0.4) is 0 Å². The lowest BCUT2D eigenvalue weighted by molar-refractivity contribution is 0.172. The molecule has 100 valence electrons. The van der Waals surface area contributed by atoms with E-state index in [9.17, 15) is 0 Å². The number of fused-ring (bicyclic) bond motifs is 1. The van der Waals surface area contributed by atoms with Gasteiger partial charge in [-0.3, -0.25) is 4.68 Å². The molecule has 0 N–H and O–H groups in total. The molecule has 0 fully saturated rings. The minimum Gasteiger partial charge on any atom is -0.385 e. The van der Waals surface area contributed by atoms with Crippen LogP contribution >= 0.6 is 0 Å². The Kier molecular flexibility index (Phi) is 3.41. The second kappa shape index (κ2) is 5.36. The molecule has 0 unspecified atom stereocenters. The van der Waals surface area contributed by atoms with Crippen molar-refractivity contribution in [2.45, 2.75) is 19.0 Å². The summed E-state index contributed by atoms with van der Waals surface area (Å²) in [6, 6.07) is 4.19. The third-order valence-electron chi connectivity index (χ3n) is 3.37. The van der Waals surface area contributed by atoms with Gasteiger partial charge in [-0.05, 0) is 18.6 Å². The van der Waals surface area contributed by atoms with Crippen LogP contribution in [0.5, 0.6) is 0 Å². The predicted molar refractivity (Wildman–Crippen MR) is 70.8 cm³/mol. The van der Waals surface area contributed by atoms with Crippen LogP contribution in [0.15, 0.2) is 30.7 Å². The summed E-state index contributed by atoms with van der Waals surface area (Å²) >= 11 is 0. The zero-order chi connectivity index (χ0) is 13.1. The van der Waals surface area contributed by atoms with Gasteiger partial charge in [0.25, 0.3) is 0 Å². The molecule has 3 rings (SSSR count). The molecule has 3 heterocycles. The summed E-state index contributed by atoms with van der Waals surface area (Å²) in [5, 5.41) is 4.41. The van der Waals surface area contributed by atoms with Crippen LogP contribution in [-0.4, -0.2) is 40.0 Å². The van der Waals surface area contributed by atoms with E-state index in [0.29, 0.717) is 6.04 Å². The van der Waals surface area contributed by atoms with E-state index in [4.69, 9.17) is 4.74 Å². The molecule has 0 amide bonds. The lowest BCUT2D eigenvalue weighted by Gasteiger charge is -2.33. The monoisotopic (exact) mass is 259 g/mol. The molecule has 0 saturated heterocycles. The van der Waals surface area contributed by atoms with Gasteiger partial charge < -0.3 is 9.64 Å². The van der Waals surface area contributed by atoms with Crippen LogP contribution in [0.1, 0.15) is 18.2 Å². The number of hydrogen-bond acceptors (Lipinski definition) is 5. The van der Waals surface area contributed by atoms with Crippen LogP contribution < -0.4 is 4.90 Å². The summed E-state index contributed by atoms with van der Waals surface area (Å²) in [7, 11) is 1.73. The molecule has 0 saturated carbocycles. The Hall–Kier alpha value is -1.95. The lowest BCUT2D eigenvalue weighted by atomic mass is 10.1. The van der Waals surface area contributed by atoms with E-state index in [1.165, 1.54) is 5.69 Å². The van der Waals surface area contributed by atoms with E-state index >= 15 is 0 Å². The Morgan fingerprint density at radius 2 is 2.16 bits per heavy atom. The number of methoxy groups -OCH3 is 1. The summed E-state index contributed by atoms with van der Waals surface area (Å²) < 4.78 is 7.28. The van der Waals surface area contributed by atoms with Crippen molar-refractivity contribution in [3.05, 3.63) is 36.4 Å². The maximum absolute atomic E-state index is 5.19. The molecule has 0 aliphatic carbocycles. The fourth-order valence-electron chi connectivity index (χ4n) is 2.46. The highest BCUT2D eigenvalue weighted by Crippen LogP contribution is 2.25. The highest BCUT2D eigenvalue weighted by molar-refractivity contribution is 5.32. The first kappa shape index (κ1) is 12.1. The SMILES string of the molecule is COCC[C@@H]1CN(c2ncccn2)Cc2ccnn21. The summed E-state index contributed by atoms with van der Waals surface area (Å²) in [5.41, 5.74) is 1.19. The van der Waals surface area contributed by atoms with Crippen molar-refractivity contribution in [1.82, 2.24) is 19.7 Å². The second-order valence-electron chi connectivity index (χ2n) is 4.63. The Labute approximate surface area is 112 Å². The molecule has 6 heteroatoms. The average Bonchev–Trinajstić information content (AvgIpc) is 2.94. The van der Waals surface area contributed by atoms with Gasteiger partial charge in [-0.15, -0.1) is 0 Å². The number of nitrogens with zero attached hydrogens (tertiary/aromatic N) is 5. The fourth-order valence-corrected chi connectivity index (χ4v) is 2.46. The summed E-state index contributed by atoms with van der Waals surface area (Å²) in [6.07, 6.45) is 6.34. The topological polar surface area (TPSA) is 56.1 Å². The van der Waals surface area contributed by atoms with Crippen molar-refractivity contribution in [3.8, 4) is 0 Å². The molecule has 1 aliphatic rings. The average molecular weight is 259 g/mol. The molecule has 19 heavy (non-hydrogen) atoms. The summed E-state index contributed by atoms with van der Waals surface area (Å²) in [4.78, 5) is 10.8. The molecule has 2 aromatic heterocycles. The molecule has 6 nitrogen and oxygen atoms in total. The van der Waals surface area contributed by atoms with E-state index in [2.05, 4.69) is 30.7 Å². The van der Waals surface area contributed by atoms with Crippen molar-refractivity contribution >= 4 is 5.95 Å². The quantitative estimate of drug-likeness (QED) is 0.827. The summed E-state index contributed by atoms with van der Waals surface area (Å²) in [6.45, 7) is 2.39. The van der Waals surface area contributed by atoms with Crippen molar-refractivity contribution in [2.75, 3.05) is 25.2 Å². The number of hydrogen-bond donors (Lipinski definition) is 0. The van der Waals surface area contributed by atoms with Crippen LogP contribution in [0.2, 0.25) is 0 Å². The first-order chi connectivity index (χ1) is 9.38. The van der Waals surface area contributed by atoms with Gasteiger partial charge in [-0.2, -0.15) is 5.10 Å². The number of rotatable bonds is 4. The molecule has 0 aromatic carbocycles. The van der Waals surface area contributed by atoms with E-state index < -0.39 is 0 Å². The van der Waals surface area contributed by atoms with Gasteiger partial charge in [0, 0.05) is 38.9 Å². The van der Waals surface area contributed by atoms with Crippen LogP contribution in [0, 0.1) is 0 Å². The molecule has 1 atom stereocenters. The Balaban J connectivity index is 1.84. The normalized spacial score (nSPS) is 18.4. The molecular weight excluding hydrogens is 242 g/mol. The van der Waals surface area contributed by atoms with Gasteiger partial charge in [0.1, 0.15) is 0 Å². The van der Waals surface area contributed by atoms with Gasteiger partial charge in [-0.1, -0.05) is 0 Å². The molecular formula is C13H17N5O. The van der Waals surface area contributed by atoms with E-state index in [1.807, 2.05) is 12.3 Å². The van der Waals surface area contributed by atoms with E-state index in [1.54, 1.807) is 19.5 Å². The third-order valence-corrected chi connectivity index (χ3v) is 3.37. The first-order valence-corrected chi connectivity index (χ1v) is 6.42. The zero-order valence-electron chi connectivity index (χ0n) is 10.9. The minimum atomic E-state index is 0.308. The van der Waals surface area contributed by atoms with Gasteiger partial charge >= 0.3 is 0 Å². The smallest absolute Gasteiger partial charge is 0.225 e. The largest absolute Gasteiger partial charge is 0.385 e. The fraction of sp³-hybridized carbons (Fsp3) is 0.462. The van der Waals surface area contributed by atoms with Gasteiger partial charge in [0.15, 0.2) is 0 Å². The highest BCUT2D eigenvalue weighted by Gasteiger charge is 2.26. The van der Waals surface area contributed by atoms with Crippen molar-refractivity contribution in [1.29, 1.82) is 0 Å². The second-order valence-corrected chi connectivity index (χ2v) is 4.63. The van der Waals surface area contributed by atoms with Gasteiger partial charge in [-0.25, -0.2) is 9.97 Å². The zero-order valence-corrected chi connectivity index (χ0v) is 10.9. The Morgan fingerprint density at radius 1 is 1.32 bits per heavy atom. The Bertz CT molecular complexity index is 527. The Morgan fingerprint density at radius 3 is 2.95 bits per heavy atom. The molecule has 0 bridgehead atoms. The van der Waals surface area contributed by atoms with Crippen LogP contribution in [-0.2, 0) is 11.3 Å².